The highest BCUT2D eigenvalue weighted by Crippen LogP contribution is 2.28. The summed E-state index contributed by atoms with van der Waals surface area (Å²) in [6, 6.07) is 22.7. The second-order valence-corrected chi connectivity index (χ2v) is 8.10. The van der Waals surface area contributed by atoms with E-state index in [1.54, 1.807) is 36.6 Å². The lowest BCUT2D eigenvalue weighted by atomic mass is 9.99. The van der Waals surface area contributed by atoms with Crippen LogP contribution in [0, 0.1) is 6.92 Å². The average molecular weight is 477 g/mol. The van der Waals surface area contributed by atoms with Crippen LogP contribution in [-0.4, -0.2) is 37.7 Å². The predicted octanol–water partition coefficient (Wildman–Crippen LogP) is 4.56. The van der Waals surface area contributed by atoms with E-state index in [9.17, 15) is 4.79 Å². The van der Waals surface area contributed by atoms with Crippen molar-refractivity contribution in [3.8, 4) is 23.0 Å². The fourth-order valence-electron chi connectivity index (χ4n) is 4.06. The Morgan fingerprint density at radius 3 is 2.42 bits per heavy atom. The summed E-state index contributed by atoms with van der Waals surface area (Å²) in [6.07, 6.45) is 6.64. The first-order chi connectivity index (χ1) is 17.7. The highest BCUT2D eigenvalue weighted by atomic mass is 16.5. The second-order valence-electron chi connectivity index (χ2n) is 8.10. The Morgan fingerprint density at radius 2 is 1.64 bits per heavy atom. The van der Waals surface area contributed by atoms with Gasteiger partial charge in [-0.15, -0.1) is 0 Å². The lowest BCUT2D eigenvalue weighted by Gasteiger charge is -2.19. The Kier molecular flexibility index (Phi) is 6.48. The van der Waals surface area contributed by atoms with Crippen LogP contribution < -0.4 is 10.1 Å². The van der Waals surface area contributed by atoms with Crippen LogP contribution in [0.15, 0.2) is 97.6 Å². The van der Waals surface area contributed by atoms with Gasteiger partial charge in [0.2, 0.25) is 0 Å². The summed E-state index contributed by atoms with van der Waals surface area (Å²) in [5.41, 5.74) is 4.51. The third-order valence-electron chi connectivity index (χ3n) is 5.92. The van der Waals surface area contributed by atoms with Gasteiger partial charge in [-0.25, -0.2) is 14.6 Å². The Hall–Kier alpha value is -4.85. The van der Waals surface area contributed by atoms with Gasteiger partial charge in [0.05, 0.1) is 36.3 Å². The highest BCUT2D eigenvalue weighted by molar-refractivity contribution is 5.95. The fourth-order valence-corrected chi connectivity index (χ4v) is 4.06. The number of ether oxygens (including phenoxy) is 1. The Bertz CT molecular complexity index is 1450. The zero-order valence-corrected chi connectivity index (χ0v) is 19.9. The lowest BCUT2D eigenvalue weighted by molar-refractivity contribution is 0.0942. The van der Waals surface area contributed by atoms with Crippen molar-refractivity contribution in [2.45, 2.75) is 13.0 Å². The van der Waals surface area contributed by atoms with Crippen molar-refractivity contribution < 1.29 is 9.53 Å². The number of para-hydroxylation sites is 1. The molecule has 5 rings (SSSR count). The average Bonchev–Trinajstić information content (AvgIpc) is 3.34. The number of pyridine rings is 1. The maximum Gasteiger partial charge on any atom is 0.255 e. The molecule has 0 bridgehead atoms. The number of carbonyl (C=O) groups excluding carboxylic acids is 1. The molecule has 0 fully saturated rings. The van der Waals surface area contributed by atoms with Crippen LogP contribution in [0.3, 0.4) is 0 Å². The number of nitrogens with one attached hydrogen (secondary N) is 1. The summed E-state index contributed by atoms with van der Waals surface area (Å²) in [6.45, 7) is 1.82. The van der Waals surface area contributed by atoms with Crippen molar-refractivity contribution in [3.63, 3.8) is 0 Å². The topological polar surface area (TPSA) is 94.8 Å². The molecule has 0 saturated carbocycles. The molecule has 0 aliphatic heterocycles. The molecule has 0 radical (unpaired) electrons. The Balaban J connectivity index is 1.45. The monoisotopic (exact) mass is 476 g/mol. The minimum Gasteiger partial charge on any atom is -0.496 e. The normalized spacial score (nSPS) is 11.6. The first kappa shape index (κ1) is 22.9. The molecular weight excluding hydrogens is 452 g/mol. The van der Waals surface area contributed by atoms with E-state index in [0.29, 0.717) is 28.6 Å². The molecule has 5 aromatic rings. The third-order valence-corrected chi connectivity index (χ3v) is 5.92. The Morgan fingerprint density at radius 1 is 0.917 bits per heavy atom. The summed E-state index contributed by atoms with van der Waals surface area (Å²) in [5, 5.41) is 7.57. The van der Waals surface area contributed by atoms with Crippen LogP contribution in [0.4, 0.5) is 0 Å². The van der Waals surface area contributed by atoms with Gasteiger partial charge < -0.3 is 10.1 Å². The molecule has 8 heteroatoms. The number of nitrogens with zero attached hydrogens (tertiary/aromatic N) is 5. The van der Waals surface area contributed by atoms with E-state index < -0.39 is 0 Å². The van der Waals surface area contributed by atoms with Gasteiger partial charge in [-0.05, 0) is 48.4 Å². The van der Waals surface area contributed by atoms with Gasteiger partial charge >= 0.3 is 0 Å². The summed E-state index contributed by atoms with van der Waals surface area (Å²) in [7, 11) is 1.62. The predicted molar refractivity (Wildman–Crippen MR) is 136 cm³/mol. The van der Waals surface area contributed by atoms with Crippen molar-refractivity contribution in [1.29, 1.82) is 0 Å². The number of aromatic nitrogens is 5. The molecule has 3 heterocycles. The molecule has 36 heavy (non-hydrogen) atoms. The molecule has 1 amide bonds. The largest absolute Gasteiger partial charge is 0.496 e. The molecule has 2 aromatic carbocycles. The molecule has 0 aliphatic carbocycles. The van der Waals surface area contributed by atoms with E-state index in [1.807, 2.05) is 79.7 Å². The molecule has 0 unspecified atom stereocenters. The van der Waals surface area contributed by atoms with Crippen molar-refractivity contribution in [2.75, 3.05) is 7.11 Å². The smallest absolute Gasteiger partial charge is 0.255 e. The summed E-state index contributed by atoms with van der Waals surface area (Å²) in [4.78, 5) is 26.6. The van der Waals surface area contributed by atoms with Gasteiger partial charge in [0.25, 0.3) is 11.9 Å². The lowest BCUT2D eigenvalue weighted by Crippen LogP contribution is -2.29. The summed E-state index contributed by atoms with van der Waals surface area (Å²) in [5.74, 6) is 0.830. The fraction of sp³-hybridized carbons (Fsp3) is 0.107. The second kappa shape index (κ2) is 10.2. The van der Waals surface area contributed by atoms with Gasteiger partial charge in [-0.1, -0.05) is 42.5 Å². The van der Waals surface area contributed by atoms with E-state index in [4.69, 9.17) is 4.74 Å². The highest BCUT2D eigenvalue weighted by Gasteiger charge is 2.22. The van der Waals surface area contributed by atoms with Gasteiger partial charge in [0, 0.05) is 24.2 Å². The number of methoxy groups -OCH3 is 1. The molecule has 0 saturated heterocycles. The third kappa shape index (κ3) is 4.56. The quantitative estimate of drug-likeness (QED) is 0.370. The van der Waals surface area contributed by atoms with E-state index in [2.05, 4.69) is 25.4 Å². The first-order valence-corrected chi connectivity index (χ1v) is 11.4. The minimum atomic E-state index is -0.338. The number of amides is 1. The molecule has 1 N–H and O–H groups in total. The van der Waals surface area contributed by atoms with Crippen molar-refractivity contribution in [1.82, 2.24) is 30.0 Å². The molecule has 0 aliphatic rings. The maximum atomic E-state index is 13.4. The zero-order valence-electron chi connectivity index (χ0n) is 19.9. The van der Waals surface area contributed by atoms with Gasteiger partial charge in [0.1, 0.15) is 5.75 Å². The summed E-state index contributed by atoms with van der Waals surface area (Å²) >= 11 is 0. The molecule has 8 nitrogen and oxygen atoms in total. The van der Waals surface area contributed by atoms with Crippen LogP contribution in [0.1, 0.15) is 33.2 Å². The molecule has 0 spiro atoms. The summed E-state index contributed by atoms with van der Waals surface area (Å²) < 4.78 is 7.04. The Labute approximate surface area is 208 Å². The number of benzene rings is 2. The van der Waals surface area contributed by atoms with Crippen LogP contribution in [-0.2, 0) is 0 Å². The van der Waals surface area contributed by atoms with Crippen molar-refractivity contribution >= 4 is 5.91 Å². The molecule has 1 atom stereocenters. The van der Waals surface area contributed by atoms with Crippen molar-refractivity contribution in [2.24, 2.45) is 0 Å². The molecule has 178 valence electrons. The molecular formula is C28H24N6O2. The number of carbonyl (C=O) groups is 1. The maximum absolute atomic E-state index is 13.4. The SMILES string of the molecule is COc1ccccc1-c1ccnc(-n2ncc(C(=O)N[C@H](c3ccccc3)c3ccncc3)c2C)n1. The minimum absolute atomic E-state index is 0.245. The van der Waals surface area contributed by atoms with E-state index in [0.717, 1.165) is 16.7 Å². The van der Waals surface area contributed by atoms with Crippen molar-refractivity contribution in [3.05, 3.63) is 120 Å². The van der Waals surface area contributed by atoms with E-state index in [-0.39, 0.29) is 11.9 Å². The first-order valence-electron chi connectivity index (χ1n) is 11.4. The van der Waals surface area contributed by atoms with Gasteiger partial charge in [-0.2, -0.15) is 5.10 Å². The number of hydrogen-bond donors (Lipinski definition) is 1. The van der Waals surface area contributed by atoms with Crippen LogP contribution in [0.25, 0.3) is 17.2 Å². The number of hydrogen-bond acceptors (Lipinski definition) is 6. The van der Waals surface area contributed by atoms with Gasteiger partial charge in [0.15, 0.2) is 0 Å². The standard InChI is InChI=1S/C28H24N6O2/c1-19-23(27(35)33-26(20-8-4-3-5-9-20)21-12-15-29-16-13-21)18-31-34(19)28-30-17-14-24(32-28)22-10-6-7-11-25(22)36-2/h3-18,26H,1-2H3,(H,33,35)/t26-/m1/s1. The number of rotatable bonds is 7. The van der Waals surface area contributed by atoms with Crippen LogP contribution >= 0.6 is 0 Å². The zero-order chi connectivity index (χ0) is 24.9. The van der Waals surface area contributed by atoms with Crippen LogP contribution in [0.2, 0.25) is 0 Å². The van der Waals surface area contributed by atoms with Gasteiger partial charge in [-0.3, -0.25) is 9.78 Å². The van der Waals surface area contributed by atoms with E-state index in [1.165, 1.54) is 0 Å². The molecule has 3 aromatic heterocycles. The van der Waals surface area contributed by atoms with E-state index >= 15 is 0 Å². The van der Waals surface area contributed by atoms with Crippen LogP contribution in [0.5, 0.6) is 5.75 Å².